The van der Waals surface area contributed by atoms with Crippen molar-refractivity contribution in [2.45, 2.75) is 25.7 Å². The average molecular weight is 491 g/mol. The van der Waals surface area contributed by atoms with Gasteiger partial charge in [0.2, 0.25) is 5.91 Å². The summed E-state index contributed by atoms with van der Waals surface area (Å²) in [6.45, 7) is 5.48. The van der Waals surface area contributed by atoms with Crippen LogP contribution in [0, 0.1) is 19.7 Å². The van der Waals surface area contributed by atoms with E-state index in [1.807, 2.05) is 19.9 Å². The van der Waals surface area contributed by atoms with E-state index in [1.165, 1.54) is 0 Å². The number of anilines is 2. The van der Waals surface area contributed by atoms with E-state index in [4.69, 9.17) is 16.3 Å². The van der Waals surface area contributed by atoms with Crippen molar-refractivity contribution >= 4 is 38.9 Å². The summed E-state index contributed by atoms with van der Waals surface area (Å²) in [6, 6.07) is 14.9. The minimum absolute atomic E-state index is 0.266. The van der Waals surface area contributed by atoms with Gasteiger partial charge in [-0.1, -0.05) is 23.7 Å². The van der Waals surface area contributed by atoms with Crippen LogP contribution in [-0.4, -0.2) is 27.5 Å². The van der Waals surface area contributed by atoms with Gasteiger partial charge in [0.05, 0.1) is 17.3 Å². The third-order valence-electron chi connectivity index (χ3n) is 5.04. The molecule has 6 nitrogen and oxygen atoms in total. The van der Waals surface area contributed by atoms with Gasteiger partial charge in [-0.2, -0.15) is 0 Å². The highest BCUT2D eigenvalue weighted by Gasteiger charge is 2.30. The van der Waals surface area contributed by atoms with Gasteiger partial charge < -0.3 is 10.1 Å². The first-order chi connectivity index (χ1) is 15.6. The van der Waals surface area contributed by atoms with Crippen molar-refractivity contribution in [2.24, 2.45) is 0 Å². The smallest absolute Gasteiger partial charge is 0.266 e. The molecule has 0 atom stereocenters. The molecular formula is C24H24ClFN2O4S. The first-order valence-electron chi connectivity index (χ1n) is 10.2. The summed E-state index contributed by atoms with van der Waals surface area (Å²) in [5.74, 6) is -0.562. The predicted octanol–water partition coefficient (Wildman–Crippen LogP) is 5.33. The SMILES string of the molecule is CCOc1ccc(NC(=O)CN(c2cccc(C)c2C)S(=O)(=O)c2ccc(F)cc2Cl)cc1. The van der Waals surface area contributed by atoms with Crippen LogP contribution in [0.3, 0.4) is 0 Å². The number of aryl methyl sites for hydroxylation is 1. The number of nitrogens with zero attached hydrogens (tertiary/aromatic N) is 1. The first-order valence-corrected chi connectivity index (χ1v) is 12.0. The zero-order valence-corrected chi connectivity index (χ0v) is 20.0. The molecule has 0 aromatic heterocycles. The molecule has 0 aliphatic heterocycles. The first kappa shape index (κ1) is 24.5. The van der Waals surface area contributed by atoms with Crippen molar-refractivity contribution in [3.63, 3.8) is 0 Å². The molecule has 3 aromatic rings. The van der Waals surface area contributed by atoms with E-state index in [9.17, 15) is 17.6 Å². The topological polar surface area (TPSA) is 75.7 Å². The molecule has 0 radical (unpaired) electrons. The minimum atomic E-state index is -4.29. The second-order valence-electron chi connectivity index (χ2n) is 7.31. The van der Waals surface area contributed by atoms with E-state index in [0.717, 1.165) is 28.1 Å². The van der Waals surface area contributed by atoms with Crippen LogP contribution in [0.15, 0.2) is 65.6 Å². The number of nitrogens with one attached hydrogen (secondary N) is 1. The number of amides is 1. The molecule has 0 fully saturated rings. The maximum atomic E-state index is 13.6. The standard InChI is InChI=1S/C24H24ClFN2O4S/c1-4-32-20-11-9-19(10-12-20)27-24(29)15-28(22-7-5-6-16(2)17(22)3)33(30,31)23-13-8-18(26)14-21(23)25/h5-14H,4,15H2,1-3H3,(H,27,29). The Bertz CT molecular complexity index is 1260. The number of benzene rings is 3. The highest BCUT2D eigenvalue weighted by Crippen LogP contribution is 2.32. The van der Waals surface area contributed by atoms with Gasteiger partial charge in [-0.25, -0.2) is 12.8 Å². The molecular weight excluding hydrogens is 467 g/mol. The van der Waals surface area contributed by atoms with E-state index in [1.54, 1.807) is 43.3 Å². The zero-order valence-electron chi connectivity index (χ0n) is 18.4. The van der Waals surface area contributed by atoms with Crippen molar-refractivity contribution in [2.75, 3.05) is 22.8 Å². The Morgan fingerprint density at radius 3 is 2.42 bits per heavy atom. The summed E-state index contributed by atoms with van der Waals surface area (Å²) in [6.07, 6.45) is 0. The summed E-state index contributed by atoms with van der Waals surface area (Å²) < 4.78 is 47.0. The number of halogens is 2. The van der Waals surface area contributed by atoms with Gasteiger partial charge in [-0.05, 0) is 80.4 Å². The summed E-state index contributed by atoms with van der Waals surface area (Å²) in [7, 11) is -4.29. The van der Waals surface area contributed by atoms with Crippen molar-refractivity contribution in [1.82, 2.24) is 0 Å². The van der Waals surface area contributed by atoms with Gasteiger partial charge >= 0.3 is 0 Å². The van der Waals surface area contributed by atoms with Crippen molar-refractivity contribution in [1.29, 1.82) is 0 Å². The monoisotopic (exact) mass is 490 g/mol. The number of rotatable bonds is 8. The van der Waals surface area contributed by atoms with Gasteiger partial charge in [-0.3, -0.25) is 9.10 Å². The maximum absolute atomic E-state index is 13.6. The lowest BCUT2D eigenvalue weighted by molar-refractivity contribution is -0.114. The summed E-state index contributed by atoms with van der Waals surface area (Å²) in [5.41, 5.74) is 2.36. The molecule has 0 aliphatic carbocycles. The van der Waals surface area contributed by atoms with Gasteiger partial charge in [-0.15, -0.1) is 0 Å². The third-order valence-corrected chi connectivity index (χ3v) is 7.29. The second-order valence-corrected chi connectivity index (χ2v) is 9.55. The van der Waals surface area contributed by atoms with E-state index in [0.29, 0.717) is 29.3 Å². The highest BCUT2D eigenvalue weighted by molar-refractivity contribution is 7.93. The van der Waals surface area contributed by atoms with Crippen molar-refractivity contribution in [3.8, 4) is 5.75 Å². The Kier molecular flexibility index (Phi) is 7.61. The van der Waals surface area contributed by atoms with Gasteiger partial charge in [0.25, 0.3) is 10.0 Å². The molecule has 0 bridgehead atoms. The fourth-order valence-electron chi connectivity index (χ4n) is 3.24. The molecule has 0 unspecified atom stereocenters. The second kappa shape index (κ2) is 10.2. The van der Waals surface area contributed by atoms with Crippen molar-refractivity contribution in [3.05, 3.63) is 82.6 Å². The molecule has 3 aromatic carbocycles. The van der Waals surface area contributed by atoms with Crippen LogP contribution in [0.4, 0.5) is 15.8 Å². The van der Waals surface area contributed by atoms with Crippen LogP contribution in [0.1, 0.15) is 18.1 Å². The Morgan fingerprint density at radius 1 is 1.09 bits per heavy atom. The number of sulfonamides is 1. The van der Waals surface area contributed by atoms with Crippen LogP contribution in [0.2, 0.25) is 5.02 Å². The van der Waals surface area contributed by atoms with E-state index < -0.39 is 28.3 Å². The number of carbonyl (C=O) groups excluding carboxylic acids is 1. The Morgan fingerprint density at radius 2 is 1.79 bits per heavy atom. The number of carbonyl (C=O) groups is 1. The molecule has 0 saturated heterocycles. The molecule has 3 rings (SSSR count). The van der Waals surface area contributed by atoms with Gasteiger partial charge in [0.15, 0.2) is 0 Å². The molecule has 9 heteroatoms. The lowest BCUT2D eigenvalue weighted by atomic mass is 10.1. The lowest BCUT2D eigenvalue weighted by Gasteiger charge is -2.26. The molecule has 1 N–H and O–H groups in total. The molecule has 0 aliphatic rings. The Labute approximate surface area is 198 Å². The molecule has 1 amide bonds. The third kappa shape index (κ3) is 5.64. The highest BCUT2D eigenvalue weighted by atomic mass is 35.5. The van der Waals surface area contributed by atoms with E-state index >= 15 is 0 Å². The Balaban J connectivity index is 1.97. The van der Waals surface area contributed by atoms with Crippen LogP contribution < -0.4 is 14.4 Å². The number of ether oxygens (including phenoxy) is 1. The van der Waals surface area contributed by atoms with E-state index in [-0.39, 0.29) is 9.92 Å². The van der Waals surface area contributed by atoms with E-state index in [2.05, 4.69) is 5.32 Å². The fraction of sp³-hybridized carbons (Fsp3) is 0.208. The molecule has 0 saturated carbocycles. The van der Waals surface area contributed by atoms with Crippen molar-refractivity contribution < 1.29 is 22.3 Å². The fourth-order valence-corrected chi connectivity index (χ4v) is 5.23. The minimum Gasteiger partial charge on any atom is -0.494 e. The van der Waals surface area contributed by atoms with Crippen LogP contribution in [-0.2, 0) is 14.8 Å². The van der Waals surface area contributed by atoms with Crippen LogP contribution >= 0.6 is 11.6 Å². The number of hydrogen-bond acceptors (Lipinski definition) is 4. The zero-order chi connectivity index (χ0) is 24.2. The predicted molar refractivity (Wildman–Crippen MR) is 128 cm³/mol. The number of hydrogen-bond donors (Lipinski definition) is 1. The lowest BCUT2D eigenvalue weighted by Crippen LogP contribution is -2.38. The summed E-state index contributed by atoms with van der Waals surface area (Å²) in [5, 5.41) is 2.43. The molecule has 33 heavy (non-hydrogen) atoms. The largest absolute Gasteiger partial charge is 0.494 e. The quantitative estimate of drug-likeness (QED) is 0.463. The van der Waals surface area contributed by atoms with Crippen LogP contribution in [0.5, 0.6) is 5.75 Å². The summed E-state index contributed by atoms with van der Waals surface area (Å²) in [4.78, 5) is 12.6. The molecule has 0 heterocycles. The van der Waals surface area contributed by atoms with Crippen LogP contribution in [0.25, 0.3) is 0 Å². The Hall–Kier alpha value is -3.10. The average Bonchev–Trinajstić information content (AvgIpc) is 2.75. The molecule has 0 spiro atoms. The molecule has 174 valence electrons. The maximum Gasteiger partial charge on any atom is 0.266 e. The van der Waals surface area contributed by atoms with Gasteiger partial charge in [0.1, 0.15) is 23.0 Å². The van der Waals surface area contributed by atoms with Gasteiger partial charge in [0, 0.05) is 5.69 Å². The normalized spacial score (nSPS) is 11.2. The summed E-state index contributed by atoms with van der Waals surface area (Å²) >= 11 is 6.07.